The number of urea groups is 1. The van der Waals surface area contributed by atoms with Gasteiger partial charge < -0.3 is 15.5 Å². The number of anilines is 3. The second-order valence-corrected chi connectivity index (χ2v) is 7.90. The number of carbonyl (C=O) groups excluding carboxylic acids is 3. The van der Waals surface area contributed by atoms with Gasteiger partial charge in [-0.05, 0) is 57.2 Å². The van der Waals surface area contributed by atoms with Gasteiger partial charge in [-0.2, -0.15) is 0 Å². The highest BCUT2D eigenvalue weighted by atomic mass is 16.2. The van der Waals surface area contributed by atoms with Crippen molar-refractivity contribution in [3.63, 3.8) is 0 Å². The number of benzene rings is 2. The largest absolute Gasteiger partial charge is 0.378 e. The minimum atomic E-state index is -0.615. The number of hydrogen-bond acceptors (Lipinski definition) is 4. The maximum Gasteiger partial charge on any atom is 0.323 e. The minimum absolute atomic E-state index is 0.298. The van der Waals surface area contributed by atoms with Gasteiger partial charge in [0.15, 0.2) is 0 Å². The van der Waals surface area contributed by atoms with E-state index in [0.29, 0.717) is 22.5 Å². The quantitative estimate of drug-likeness (QED) is 0.794. The first-order valence-corrected chi connectivity index (χ1v) is 8.96. The van der Waals surface area contributed by atoms with Gasteiger partial charge >= 0.3 is 6.03 Å². The van der Waals surface area contributed by atoms with Gasteiger partial charge in [0.2, 0.25) is 0 Å². The van der Waals surface area contributed by atoms with E-state index in [2.05, 4.69) is 10.6 Å². The molecule has 0 bridgehead atoms. The van der Waals surface area contributed by atoms with Crippen LogP contribution in [0.2, 0.25) is 0 Å². The molecule has 28 heavy (non-hydrogen) atoms. The Morgan fingerprint density at radius 2 is 1.50 bits per heavy atom. The summed E-state index contributed by atoms with van der Waals surface area (Å²) in [5, 5.41) is 5.48. The molecule has 0 aliphatic carbocycles. The number of hydrogen-bond donors (Lipinski definition) is 2. The van der Waals surface area contributed by atoms with E-state index in [1.807, 2.05) is 58.0 Å². The Morgan fingerprint density at radius 3 is 2.11 bits per heavy atom. The number of rotatable bonds is 3. The lowest BCUT2D eigenvalue weighted by atomic mass is 10.1. The number of carbonyl (C=O) groups is 3. The Kier molecular flexibility index (Phi) is 4.85. The summed E-state index contributed by atoms with van der Waals surface area (Å²) >= 11 is 0. The van der Waals surface area contributed by atoms with Crippen LogP contribution in [0, 0.1) is 0 Å². The van der Waals surface area contributed by atoms with Crippen LogP contribution in [0.25, 0.3) is 0 Å². The third-order valence-electron chi connectivity index (χ3n) is 4.44. The zero-order valence-electron chi connectivity index (χ0n) is 16.7. The predicted octanol–water partition coefficient (Wildman–Crippen LogP) is 3.79. The number of nitrogens with one attached hydrogen (secondary N) is 2. The molecule has 1 heterocycles. The molecule has 0 aromatic heterocycles. The molecule has 0 radical (unpaired) electrons. The molecule has 3 rings (SSSR count). The zero-order chi connectivity index (χ0) is 20.6. The van der Waals surface area contributed by atoms with Crippen molar-refractivity contribution in [2.75, 3.05) is 29.6 Å². The second-order valence-electron chi connectivity index (χ2n) is 7.90. The summed E-state index contributed by atoms with van der Waals surface area (Å²) in [5.74, 6) is -0.667. The summed E-state index contributed by atoms with van der Waals surface area (Å²) in [7, 11) is 3.84. The lowest BCUT2D eigenvalue weighted by Crippen LogP contribution is -2.45. The molecule has 4 amide bonds. The standard InChI is InChI=1S/C21H24N4O3/c1-21(2,3)25-18(26)16-10-9-14(12-17(16)19(25)27)23-20(28)22-13-7-6-8-15(11-13)24(4)5/h6-12H,1-5H3,(H2,22,23,28). The summed E-state index contributed by atoms with van der Waals surface area (Å²) in [6.07, 6.45) is 0. The van der Waals surface area contributed by atoms with E-state index in [0.717, 1.165) is 5.69 Å². The van der Waals surface area contributed by atoms with Gasteiger partial charge in [-0.3, -0.25) is 14.5 Å². The van der Waals surface area contributed by atoms with E-state index in [1.165, 1.54) is 11.0 Å². The van der Waals surface area contributed by atoms with Crippen molar-refractivity contribution in [3.8, 4) is 0 Å². The average molecular weight is 380 g/mol. The molecule has 1 aliphatic rings. The molecule has 0 saturated heterocycles. The first-order valence-electron chi connectivity index (χ1n) is 8.96. The lowest BCUT2D eigenvalue weighted by Gasteiger charge is -2.29. The maximum absolute atomic E-state index is 12.7. The average Bonchev–Trinajstić information content (AvgIpc) is 2.85. The molecule has 2 aromatic rings. The van der Waals surface area contributed by atoms with Gasteiger partial charge in [-0.25, -0.2) is 4.79 Å². The van der Waals surface area contributed by atoms with Crippen LogP contribution >= 0.6 is 0 Å². The summed E-state index contributed by atoms with van der Waals surface area (Å²) in [6.45, 7) is 5.43. The Hall–Kier alpha value is -3.35. The van der Waals surface area contributed by atoms with Crippen LogP contribution in [0.3, 0.4) is 0 Å². The van der Waals surface area contributed by atoms with Gasteiger partial charge in [0.1, 0.15) is 0 Å². The molecular formula is C21H24N4O3. The van der Waals surface area contributed by atoms with Gasteiger partial charge in [0.25, 0.3) is 11.8 Å². The van der Waals surface area contributed by atoms with Crippen molar-refractivity contribution < 1.29 is 14.4 Å². The highest BCUT2D eigenvalue weighted by Gasteiger charge is 2.41. The lowest BCUT2D eigenvalue weighted by molar-refractivity contribution is 0.0507. The van der Waals surface area contributed by atoms with E-state index in [-0.39, 0.29) is 11.8 Å². The third kappa shape index (κ3) is 3.69. The van der Waals surface area contributed by atoms with Gasteiger partial charge in [-0.15, -0.1) is 0 Å². The van der Waals surface area contributed by atoms with Crippen LogP contribution in [-0.4, -0.2) is 42.4 Å². The molecule has 146 valence electrons. The second kappa shape index (κ2) is 6.99. The van der Waals surface area contributed by atoms with E-state index in [1.54, 1.807) is 18.2 Å². The van der Waals surface area contributed by atoms with Gasteiger partial charge in [-0.1, -0.05) is 6.07 Å². The fourth-order valence-electron chi connectivity index (χ4n) is 3.08. The Bertz CT molecular complexity index is 960. The van der Waals surface area contributed by atoms with Crippen LogP contribution in [-0.2, 0) is 0 Å². The number of imide groups is 1. The minimum Gasteiger partial charge on any atom is -0.378 e. The Morgan fingerprint density at radius 1 is 0.893 bits per heavy atom. The number of amides is 4. The smallest absolute Gasteiger partial charge is 0.323 e. The van der Waals surface area contributed by atoms with Crippen LogP contribution < -0.4 is 15.5 Å². The van der Waals surface area contributed by atoms with Crippen LogP contribution in [0.1, 0.15) is 41.5 Å². The maximum atomic E-state index is 12.7. The molecule has 0 unspecified atom stereocenters. The molecule has 7 nitrogen and oxygen atoms in total. The van der Waals surface area contributed by atoms with Crippen LogP contribution in [0.15, 0.2) is 42.5 Å². The molecule has 0 fully saturated rings. The normalized spacial score (nSPS) is 13.4. The highest BCUT2D eigenvalue weighted by molar-refractivity contribution is 6.22. The molecule has 0 atom stereocenters. The first-order chi connectivity index (χ1) is 13.1. The van der Waals surface area contributed by atoms with Crippen molar-refractivity contribution >= 4 is 34.9 Å². The first kappa shape index (κ1) is 19.4. The summed E-state index contributed by atoms with van der Waals surface area (Å²) in [6, 6.07) is 11.7. The van der Waals surface area contributed by atoms with Crippen LogP contribution in [0.5, 0.6) is 0 Å². The van der Waals surface area contributed by atoms with E-state index < -0.39 is 11.6 Å². The zero-order valence-corrected chi connectivity index (χ0v) is 16.7. The molecule has 2 N–H and O–H groups in total. The molecular weight excluding hydrogens is 356 g/mol. The number of fused-ring (bicyclic) bond motifs is 1. The monoisotopic (exact) mass is 380 g/mol. The predicted molar refractivity (Wildman–Crippen MR) is 110 cm³/mol. The van der Waals surface area contributed by atoms with E-state index >= 15 is 0 Å². The fraction of sp³-hybridized carbons (Fsp3) is 0.286. The molecule has 2 aromatic carbocycles. The van der Waals surface area contributed by atoms with Crippen molar-refractivity contribution in [2.24, 2.45) is 0 Å². The van der Waals surface area contributed by atoms with Crippen molar-refractivity contribution in [1.82, 2.24) is 4.90 Å². The summed E-state index contributed by atoms with van der Waals surface area (Å²) < 4.78 is 0. The van der Waals surface area contributed by atoms with Crippen molar-refractivity contribution in [3.05, 3.63) is 53.6 Å². The molecule has 0 saturated carbocycles. The molecule has 1 aliphatic heterocycles. The van der Waals surface area contributed by atoms with E-state index in [4.69, 9.17) is 0 Å². The summed E-state index contributed by atoms with van der Waals surface area (Å²) in [4.78, 5) is 40.7. The topological polar surface area (TPSA) is 81.8 Å². The Balaban J connectivity index is 1.76. The van der Waals surface area contributed by atoms with Crippen LogP contribution in [0.4, 0.5) is 21.9 Å². The van der Waals surface area contributed by atoms with Crippen molar-refractivity contribution in [2.45, 2.75) is 26.3 Å². The van der Waals surface area contributed by atoms with Gasteiger partial charge in [0.05, 0.1) is 11.1 Å². The highest BCUT2D eigenvalue weighted by Crippen LogP contribution is 2.31. The molecule has 7 heteroatoms. The van der Waals surface area contributed by atoms with Gasteiger partial charge in [0, 0.05) is 36.7 Å². The third-order valence-corrected chi connectivity index (χ3v) is 4.44. The fourth-order valence-corrected chi connectivity index (χ4v) is 3.08. The summed E-state index contributed by atoms with van der Waals surface area (Å²) in [5.41, 5.74) is 2.08. The Labute approximate surface area is 164 Å². The van der Waals surface area contributed by atoms with Crippen molar-refractivity contribution in [1.29, 1.82) is 0 Å². The SMILES string of the molecule is CN(C)c1cccc(NC(=O)Nc2ccc3c(c2)C(=O)N(C(C)(C)C)C3=O)c1. The number of nitrogens with zero attached hydrogens (tertiary/aromatic N) is 2. The van der Waals surface area contributed by atoms with E-state index in [9.17, 15) is 14.4 Å². The molecule has 0 spiro atoms.